The number of nitrogen functional groups attached to an aromatic ring is 1. The van der Waals surface area contributed by atoms with Gasteiger partial charge in [0.2, 0.25) is 5.91 Å². The molecule has 0 aliphatic carbocycles. The highest BCUT2D eigenvalue weighted by molar-refractivity contribution is 5.79. The van der Waals surface area contributed by atoms with Crippen molar-refractivity contribution >= 4 is 11.6 Å². The predicted molar refractivity (Wildman–Crippen MR) is 78.2 cm³/mol. The van der Waals surface area contributed by atoms with Crippen LogP contribution in [0.1, 0.15) is 24.8 Å². The second-order valence-corrected chi connectivity index (χ2v) is 6.10. The summed E-state index contributed by atoms with van der Waals surface area (Å²) in [5, 5.41) is 0. The SMILES string of the molecule is Nc1ccc(CC(=O)N2CCC3(CCOCC3)C2)cc1. The van der Waals surface area contributed by atoms with Crippen molar-refractivity contribution in [3.63, 3.8) is 0 Å². The fourth-order valence-electron chi connectivity index (χ4n) is 3.28. The maximum absolute atomic E-state index is 12.4. The number of amides is 1. The van der Waals surface area contributed by atoms with Crippen LogP contribution in [0.4, 0.5) is 5.69 Å². The number of likely N-dealkylation sites (tertiary alicyclic amines) is 1. The molecule has 0 unspecified atom stereocenters. The van der Waals surface area contributed by atoms with Gasteiger partial charge in [0.15, 0.2) is 0 Å². The molecule has 0 bridgehead atoms. The lowest BCUT2D eigenvalue weighted by Gasteiger charge is -2.33. The summed E-state index contributed by atoms with van der Waals surface area (Å²) < 4.78 is 5.44. The van der Waals surface area contributed by atoms with Gasteiger partial charge in [0, 0.05) is 32.0 Å². The van der Waals surface area contributed by atoms with Gasteiger partial charge in [0.25, 0.3) is 0 Å². The number of carbonyl (C=O) groups is 1. The second kappa shape index (κ2) is 5.44. The molecule has 0 aromatic heterocycles. The molecule has 2 fully saturated rings. The Morgan fingerprint density at radius 1 is 1.20 bits per heavy atom. The van der Waals surface area contributed by atoms with E-state index in [0.717, 1.165) is 56.8 Å². The molecule has 108 valence electrons. The predicted octanol–water partition coefficient (Wildman–Crippen LogP) is 1.84. The largest absolute Gasteiger partial charge is 0.399 e. The van der Waals surface area contributed by atoms with Crippen LogP contribution in [0.3, 0.4) is 0 Å². The first-order chi connectivity index (χ1) is 9.67. The van der Waals surface area contributed by atoms with Gasteiger partial charge in [0.05, 0.1) is 6.42 Å². The number of carbonyl (C=O) groups excluding carboxylic acids is 1. The summed E-state index contributed by atoms with van der Waals surface area (Å²) in [4.78, 5) is 14.4. The molecule has 2 saturated heterocycles. The molecule has 0 saturated carbocycles. The smallest absolute Gasteiger partial charge is 0.227 e. The minimum atomic E-state index is 0.234. The third-order valence-corrected chi connectivity index (χ3v) is 4.68. The van der Waals surface area contributed by atoms with Gasteiger partial charge in [-0.2, -0.15) is 0 Å². The minimum Gasteiger partial charge on any atom is -0.399 e. The molecule has 0 radical (unpaired) electrons. The summed E-state index contributed by atoms with van der Waals surface area (Å²) in [5.74, 6) is 0.234. The summed E-state index contributed by atoms with van der Waals surface area (Å²) in [6.07, 6.45) is 3.80. The Bertz CT molecular complexity index is 478. The fourth-order valence-corrected chi connectivity index (χ4v) is 3.28. The molecule has 4 nitrogen and oxygen atoms in total. The fraction of sp³-hybridized carbons (Fsp3) is 0.562. The molecule has 4 heteroatoms. The van der Waals surface area contributed by atoms with Gasteiger partial charge in [-0.25, -0.2) is 0 Å². The van der Waals surface area contributed by atoms with Crippen molar-refractivity contribution < 1.29 is 9.53 Å². The molecule has 1 spiro atoms. The zero-order valence-corrected chi connectivity index (χ0v) is 11.8. The maximum atomic E-state index is 12.4. The number of hydrogen-bond donors (Lipinski definition) is 1. The van der Waals surface area contributed by atoms with Gasteiger partial charge in [-0.1, -0.05) is 12.1 Å². The summed E-state index contributed by atoms with van der Waals surface area (Å²) in [6, 6.07) is 7.58. The molecule has 2 heterocycles. The third kappa shape index (κ3) is 2.80. The van der Waals surface area contributed by atoms with Crippen LogP contribution >= 0.6 is 0 Å². The Kier molecular flexibility index (Phi) is 3.66. The average molecular weight is 274 g/mol. The molecule has 3 rings (SSSR count). The van der Waals surface area contributed by atoms with Crippen molar-refractivity contribution in [3.8, 4) is 0 Å². The standard InChI is InChI=1S/C16H22N2O2/c17-14-3-1-13(2-4-14)11-15(19)18-8-5-16(12-18)6-9-20-10-7-16/h1-4H,5-12,17H2. The van der Waals surface area contributed by atoms with E-state index in [2.05, 4.69) is 0 Å². The summed E-state index contributed by atoms with van der Waals surface area (Å²) >= 11 is 0. The van der Waals surface area contributed by atoms with E-state index >= 15 is 0 Å². The number of nitrogens with two attached hydrogens (primary N) is 1. The second-order valence-electron chi connectivity index (χ2n) is 6.10. The number of ether oxygens (including phenoxy) is 1. The minimum absolute atomic E-state index is 0.234. The van der Waals surface area contributed by atoms with Crippen molar-refractivity contribution in [2.24, 2.45) is 5.41 Å². The van der Waals surface area contributed by atoms with Crippen LogP contribution in [-0.4, -0.2) is 37.1 Å². The van der Waals surface area contributed by atoms with Crippen LogP contribution in [-0.2, 0) is 16.0 Å². The zero-order valence-electron chi connectivity index (χ0n) is 11.8. The van der Waals surface area contributed by atoms with E-state index in [-0.39, 0.29) is 5.91 Å². The zero-order chi connectivity index (χ0) is 14.0. The maximum Gasteiger partial charge on any atom is 0.227 e. The Balaban J connectivity index is 1.59. The molecule has 2 aliphatic heterocycles. The van der Waals surface area contributed by atoms with Gasteiger partial charge in [-0.05, 0) is 42.4 Å². The highest BCUT2D eigenvalue weighted by atomic mass is 16.5. The molecule has 0 atom stereocenters. The Labute approximate surface area is 119 Å². The molecule has 2 N–H and O–H groups in total. The third-order valence-electron chi connectivity index (χ3n) is 4.68. The Morgan fingerprint density at radius 2 is 1.90 bits per heavy atom. The van der Waals surface area contributed by atoms with Crippen LogP contribution in [0.25, 0.3) is 0 Å². The Morgan fingerprint density at radius 3 is 2.60 bits per heavy atom. The van der Waals surface area contributed by atoms with Crippen molar-refractivity contribution in [2.45, 2.75) is 25.7 Å². The van der Waals surface area contributed by atoms with Gasteiger partial charge >= 0.3 is 0 Å². The van der Waals surface area contributed by atoms with E-state index in [1.54, 1.807) is 0 Å². The first-order valence-corrected chi connectivity index (χ1v) is 7.37. The number of anilines is 1. The number of benzene rings is 1. The van der Waals surface area contributed by atoms with Crippen LogP contribution in [0.2, 0.25) is 0 Å². The lowest BCUT2D eigenvalue weighted by atomic mass is 9.80. The lowest BCUT2D eigenvalue weighted by molar-refractivity contribution is -0.130. The number of rotatable bonds is 2. The summed E-state index contributed by atoms with van der Waals surface area (Å²) in [5.41, 5.74) is 7.77. The summed E-state index contributed by atoms with van der Waals surface area (Å²) in [7, 11) is 0. The molecule has 1 aromatic carbocycles. The molecule has 2 aliphatic rings. The van der Waals surface area contributed by atoms with Crippen molar-refractivity contribution in [1.29, 1.82) is 0 Å². The number of hydrogen-bond acceptors (Lipinski definition) is 3. The van der Waals surface area contributed by atoms with E-state index in [1.165, 1.54) is 0 Å². The van der Waals surface area contributed by atoms with Crippen LogP contribution < -0.4 is 5.73 Å². The van der Waals surface area contributed by atoms with Crippen molar-refractivity contribution in [3.05, 3.63) is 29.8 Å². The van der Waals surface area contributed by atoms with Crippen molar-refractivity contribution in [2.75, 3.05) is 32.0 Å². The monoisotopic (exact) mass is 274 g/mol. The van der Waals surface area contributed by atoms with E-state index < -0.39 is 0 Å². The van der Waals surface area contributed by atoms with Crippen LogP contribution in [0.15, 0.2) is 24.3 Å². The Hall–Kier alpha value is -1.55. The molecule has 1 amide bonds. The van der Waals surface area contributed by atoms with Gasteiger partial charge < -0.3 is 15.4 Å². The highest BCUT2D eigenvalue weighted by Crippen LogP contribution is 2.39. The molecular formula is C16H22N2O2. The van der Waals surface area contributed by atoms with E-state index in [4.69, 9.17) is 10.5 Å². The van der Waals surface area contributed by atoms with Gasteiger partial charge in [0.1, 0.15) is 0 Å². The van der Waals surface area contributed by atoms with Crippen molar-refractivity contribution in [1.82, 2.24) is 4.90 Å². The summed E-state index contributed by atoms with van der Waals surface area (Å²) in [6.45, 7) is 3.50. The van der Waals surface area contributed by atoms with E-state index in [0.29, 0.717) is 11.8 Å². The topological polar surface area (TPSA) is 55.6 Å². The van der Waals surface area contributed by atoms with Gasteiger partial charge in [-0.3, -0.25) is 4.79 Å². The van der Waals surface area contributed by atoms with Crippen LogP contribution in [0.5, 0.6) is 0 Å². The average Bonchev–Trinajstić information content (AvgIpc) is 2.86. The van der Waals surface area contributed by atoms with Crippen LogP contribution in [0, 0.1) is 5.41 Å². The molecule has 1 aromatic rings. The first-order valence-electron chi connectivity index (χ1n) is 7.37. The van der Waals surface area contributed by atoms with E-state index in [1.807, 2.05) is 29.2 Å². The van der Waals surface area contributed by atoms with E-state index in [9.17, 15) is 4.79 Å². The highest BCUT2D eigenvalue weighted by Gasteiger charge is 2.40. The molecular weight excluding hydrogens is 252 g/mol. The van der Waals surface area contributed by atoms with Gasteiger partial charge in [-0.15, -0.1) is 0 Å². The lowest BCUT2D eigenvalue weighted by Crippen LogP contribution is -2.36. The molecule has 20 heavy (non-hydrogen) atoms. The first kappa shape index (κ1) is 13.4. The quantitative estimate of drug-likeness (QED) is 0.837. The normalized spacial score (nSPS) is 21.3. The number of nitrogens with zero attached hydrogens (tertiary/aromatic N) is 1.